The largest absolute Gasteiger partial charge is 0.465 e. The lowest BCUT2D eigenvalue weighted by molar-refractivity contribution is -0.163. The Hall–Kier alpha value is -2.63. The molecule has 0 radical (unpaired) electrons. The molecule has 0 unspecified atom stereocenters. The summed E-state index contributed by atoms with van der Waals surface area (Å²) < 4.78 is 5.00. The van der Waals surface area contributed by atoms with Gasteiger partial charge in [0.2, 0.25) is 5.72 Å². The van der Waals surface area contributed by atoms with Crippen molar-refractivity contribution < 1.29 is 19.4 Å². The van der Waals surface area contributed by atoms with Gasteiger partial charge in [0.25, 0.3) is 0 Å². The average molecular weight is 412 g/mol. The normalized spacial score (nSPS) is 24.3. The molecule has 1 N–H and O–H groups in total. The lowest BCUT2D eigenvalue weighted by atomic mass is 9.73. The summed E-state index contributed by atoms with van der Waals surface area (Å²) in [7, 11) is 1.26. The van der Waals surface area contributed by atoms with Crippen molar-refractivity contribution >= 4 is 29.0 Å². The number of carbonyl (C=O) groups excluding carboxylic acids is 2. The van der Waals surface area contributed by atoms with Crippen LogP contribution in [0.15, 0.2) is 65.9 Å². The molecule has 4 rings (SSSR count). The van der Waals surface area contributed by atoms with Gasteiger partial charge in [-0.2, -0.15) is 0 Å². The molecule has 2 aliphatic rings. The Morgan fingerprint density at radius 1 is 1.14 bits per heavy atom. The standard InChI is InChI=1S/C23H22ClNO4/c1-29-22(27)23(28)14-18(15-10-12-16(24)13-11-15)21-19(8-5-9-20(21)26)25(23)17-6-3-2-4-7-17/h2-4,6-7,10-13,18,28H,5,8-9,14H2,1H3/t18-,23+/m1/s1. The highest BCUT2D eigenvalue weighted by atomic mass is 35.5. The van der Waals surface area contributed by atoms with Gasteiger partial charge in [0.15, 0.2) is 5.78 Å². The fraction of sp³-hybridized carbons (Fsp3) is 0.304. The molecule has 0 amide bonds. The molecule has 1 heterocycles. The van der Waals surface area contributed by atoms with E-state index in [1.807, 2.05) is 42.5 Å². The predicted octanol–water partition coefficient (Wildman–Crippen LogP) is 4.20. The summed E-state index contributed by atoms with van der Waals surface area (Å²) in [5.74, 6) is -1.11. The van der Waals surface area contributed by atoms with E-state index in [4.69, 9.17) is 16.3 Å². The minimum atomic E-state index is -1.92. The maximum absolute atomic E-state index is 13.0. The number of hydrogen-bond donors (Lipinski definition) is 1. The molecule has 0 bridgehead atoms. The molecule has 0 aromatic heterocycles. The van der Waals surface area contributed by atoms with E-state index in [0.717, 1.165) is 5.56 Å². The second-order valence-corrected chi connectivity index (χ2v) is 7.86. The van der Waals surface area contributed by atoms with E-state index >= 15 is 0 Å². The Balaban J connectivity index is 1.95. The Morgan fingerprint density at radius 2 is 1.83 bits per heavy atom. The number of anilines is 1. The Kier molecular flexibility index (Phi) is 5.19. The number of para-hydroxylation sites is 1. The zero-order valence-corrected chi connectivity index (χ0v) is 16.9. The van der Waals surface area contributed by atoms with Crippen molar-refractivity contribution in [1.29, 1.82) is 0 Å². The first kappa shape index (κ1) is 19.7. The van der Waals surface area contributed by atoms with E-state index < -0.39 is 17.6 Å². The van der Waals surface area contributed by atoms with Crippen molar-refractivity contribution in [2.75, 3.05) is 12.0 Å². The van der Waals surface area contributed by atoms with Gasteiger partial charge in [-0.05, 0) is 42.7 Å². The number of benzene rings is 2. The first-order valence-corrected chi connectivity index (χ1v) is 10.0. The Morgan fingerprint density at radius 3 is 2.48 bits per heavy atom. The molecule has 0 saturated heterocycles. The van der Waals surface area contributed by atoms with Gasteiger partial charge >= 0.3 is 5.97 Å². The molecule has 2 aromatic carbocycles. The van der Waals surface area contributed by atoms with Gasteiger partial charge in [0.05, 0.1) is 7.11 Å². The van der Waals surface area contributed by atoms with Crippen molar-refractivity contribution in [3.63, 3.8) is 0 Å². The van der Waals surface area contributed by atoms with E-state index in [0.29, 0.717) is 41.2 Å². The summed E-state index contributed by atoms with van der Waals surface area (Å²) in [6, 6.07) is 16.4. The fourth-order valence-electron chi connectivity index (χ4n) is 4.44. The number of esters is 1. The molecular weight excluding hydrogens is 390 g/mol. The quantitative estimate of drug-likeness (QED) is 0.766. The van der Waals surface area contributed by atoms with Crippen molar-refractivity contribution in [3.8, 4) is 0 Å². The molecule has 0 fully saturated rings. The number of halogens is 1. The van der Waals surface area contributed by atoms with Crippen LogP contribution in [-0.4, -0.2) is 29.7 Å². The summed E-state index contributed by atoms with van der Waals surface area (Å²) in [5, 5.41) is 12.2. The van der Waals surface area contributed by atoms with Crippen LogP contribution >= 0.6 is 11.6 Å². The number of aliphatic hydroxyl groups is 1. The summed E-state index contributed by atoms with van der Waals surface area (Å²) in [6.45, 7) is 0. The van der Waals surface area contributed by atoms with E-state index in [1.165, 1.54) is 7.11 Å². The van der Waals surface area contributed by atoms with Crippen molar-refractivity contribution in [3.05, 3.63) is 76.5 Å². The SMILES string of the molecule is COC(=O)[C@@]1(O)C[C@H](c2ccc(Cl)cc2)C2=C(CCCC2=O)N1c1ccccc1. The summed E-state index contributed by atoms with van der Waals surface area (Å²) in [6.07, 6.45) is 1.74. The number of methoxy groups -OCH3 is 1. The number of carbonyl (C=O) groups is 2. The molecule has 1 aliphatic heterocycles. The second kappa shape index (κ2) is 7.65. The van der Waals surface area contributed by atoms with Gasteiger partial charge in [-0.25, -0.2) is 4.79 Å². The number of Topliss-reactive ketones (excluding diaryl/α,β-unsaturated/α-hetero) is 1. The molecule has 5 nitrogen and oxygen atoms in total. The molecule has 2 atom stereocenters. The average Bonchev–Trinajstić information content (AvgIpc) is 2.74. The van der Waals surface area contributed by atoms with Gasteiger partial charge < -0.3 is 14.7 Å². The molecular formula is C23H22ClNO4. The van der Waals surface area contributed by atoms with E-state index in [2.05, 4.69) is 0 Å². The summed E-state index contributed by atoms with van der Waals surface area (Å²) >= 11 is 6.04. The highest BCUT2D eigenvalue weighted by Crippen LogP contribution is 2.48. The van der Waals surface area contributed by atoms with Crippen LogP contribution in [0.2, 0.25) is 5.02 Å². The molecule has 0 spiro atoms. The second-order valence-electron chi connectivity index (χ2n) is 7.42. The van der Waals surface area contributed by atoms with Crippen LogP contribution in [0, 0.1) is 0 Å². The third kappa shape index (κ3) is 3.34. The highest BCUT2D eigenvalue weighted by Gasteiger charge is 2.53. The van der Waals surface area contributed by atoms with Gasteiger partial charge in [0.1, 0.15) is 0 Å². The molecule has 6 heteroatoms. The fourth-order valence-corrected chi connectivity index (χ4v) is 4.57. The lowest BCUT2D eigenvalue weighted by Crippen LogP contribution is -2.59. The van der Waals surface area contributed by atoms with Crippen LogP contribution in [-0.2, 0) is 14.3 Å². The van der Waals surface area contributed by atoms with Crippen LogP contribution in [0.3, 0.4) is 0 Å². The predicted molar refractivity (Wildman–Crippen MR) is 111 cm³/mol. The number of rotatable bonds is 3. The summed E-state index contributed by atoms with van der Waals surface area (Å²) in [5.41, 5.74) is 0.920. The van der Waals surface area contributed by atoms with Crippen molar-refractivity contribution in [2.24, 2.45) is 0 Å². The van der Waals surface area contributed by atoms with Gasteiger partial charge in [-0.3, -0.25) is 4.79 Å². The minimum Gasteiger partial charge on any atom is -0.465 e. The maximum atomic E-state index is 13.0. The number of nitrogens with zero attached hydrogens (tertiary/aromatic N) is 1. The number of hydrogen-bond acceptors (Lipinski definition) is 5. The third-order valence-electron chi connectivity index (χ3n) is 5.70. The monoisotopic (exact) mass is 411 g/mol. The third-order valence-corrected chi connectivity index (χ3v) is 5.96. The first-order chi connectivity index (χ1) is 14.0. The first-order valence-electron chi connectivity index (χ1n) is 9.63. The number of ketones is 1. The molecule has 150 valence electrons. The van der Waals surface area contributed by atoms with Crippen LogP contribution in [0.4, 0.5) is 5.69 Å². The Labute approximate surface area is 174 Å². The smallest absolute Gasteiger partial charge is 0.359 e. The van der Waals surface area contributed by atoms with Crippen LogP contribution in [0.25, 0.3) is 0 Å². The van der Waals surface area contributed by atoms with E-state index in [-0.39, 0.29) is 12.2 Å². The maximum Gasteiger partial charge on any atom is 0.359 e. The van der Waals surface area contributed by atoms with E-state index in [9.17, 15) is 14.7 Å². The van der Waals surface area contributed by atoms with Gasteiger partial charge in [-0.1, -0.05) is 41.9 Å². The minimum absolute atomic E-state index is 0.0147. The van der Waals surface area contributed by atoms with Crippen LogP contribution in [0.5, 0.6) is 0 Å². The van der Waals surface area contributed by atoms with E-state index in [1.54, 1.807) is 17.0 Å². The zero-order chi connectivity index (χ0) is 20.6. The van der Waals surface area contributed by atoms with Crippen molar-refractivity contribution in [2.45, 2.75) is 37.3 Å². The number of allylic oxidation sites excluding steroid dienone is 2. The number of ether oxygens (including phenoxy) is 1. The Bertz CT molecular complexity index is 970. The van der Waals surface area contributed by atoms with Crippen LogP contribution < -0.4 is 4.90 Å². The lowest BCUT2D eigenvalue weighted by Gasteiger charge is -2.48. The van der Waals surface area contributed by atoms with Crippen LogP contribution in [0.1, 0.15) is 37.2 Å². The van der Waals surface area contributed by atoms with Crippen molar-refractivity contribution in [1.82, 2.24) is 0 Å². The molecule has 0 saturated carbocycles. The van der Waals surface area contributed by atoms with Gasteiger partial charge in [-0.15, -0.1) is 0 Å². The zero-order valence-electron chi connectivity index (χ0n) is 16.1. The highest BCUT2D eigenvalue weighted by molar-refractivity contribution is 6.30. The van der Waals surface area contributed by atoms with Gasteiger partial charge in [0, 0.05) is 40.7 Å². The molecule has 2 aromatic rings. The topological polar surface area (TPSA) is 66.8 Å². The molecule has 1 aliphatic carbocycles. The summed E-state index contributed by atoms with van der Waals surface area (Å²) in [4.78, 5) is 27.4. The molecule has 29 heavy (non-hydrogen) atoms.